The minimum atomic E-state index is -3.39. The van der Waals surface area contributed by atoms with Gasteiger partial charge in [0.25, 0.3) is 0 Å². The van der Waals surface area contributed by atoms with Gasteiger partial charge in [-0.1, -0.05) is 18.2 Å². The summed E-state index contributed by atoms with van der Waals surface area (Å²) in [6, 6.07) is 9.47. The predicted octanol–water partition coefficient (Wildman–Crippen LogP) is 0.989. The first kappa shape index (κ1) is 16.4. The molecule has 1 heterocycles. The Hall–Kier alpha value is -0.950. The minimum absolute atomic E-state index is 0.324. The lowest BCUT2D eigenvalue weighted by Gasteiger charge is -2.42. The standard InChI is InChI=1S/C15H25N3O2S/c1-13-12-18(14(2)11-17(13)3)10-9-16-21(19,20)15-7-5-4-6-8-15/h4-8,13-14,16H,9-12H2,1-3H3/t13-,14+/m0/s1. The SMILES string of the molecule is C[C@@H]1CN(C)[C@@H](C)CN1CCNS(=O)(=O)c1ccccc1. The van der Waals surface area contributed by atoms with Gasteiger partial charge >= 0.3 is 0 Å². The van der Waals surface area contributed by atoms with Crippen molar-refractivity contribution in [3.63, 3.8) is 0 Å². The van der Waals surface area contributed by atoms with Crippen LogP contribution in [0.25, 0.3) is 0 Å². The first-order valence-corrected chi connectivity index (χ1v) is 8.87. The largest absolute Gasteiger partial charge is 0.301 e. The van der Waals surface area contributed by atoms with E-state index in [4.69, 9.17) is 0 Å². The average Bonchev–Trinajstić information content (AvgIpc) is 2.45. The second-order valence-corrected chi connectivity index (χ2v) is 7.61. The lowest BCUT2D eigenvalue weighted by atomic mass is 10.1. The molecule has 0 aromatic heterocycles. The van der Waals surface area contributed by atoms with Crippen molar-refractivity contribution in [3.05, 3.63) is 30.3 Å². The summed E-state index contributed by atoms with van der Waals surface area (Å²) >= 11 is 0. The van der Waals surface area contributed by atoms with E-state index >= 15 is 0 Å². The lowest BCUT2D eigenvalue weighted by Crippen LogP contribution is -2.56. The van der Waals surface area contributed by atoms with Gasteiger partial charge in [0.05, 0.1) is 4.90 Å². The summed E-state index contributed by atoms with van der Waals surface area (Å²) in [7, 11) is -1.25. The van der Waals surface area contributed by atoms with Crippen molar-refractivity contribution in [2.75, 3.05) is 33.2 Å². The highest BCUT2D eigenvalue weighted by molar-refractivity contribution is 7.89. The molecule has 5 nitrogen and oxygen atoms in total. The highest BCUT2D eigenvalue weighted by atomic mass is 32.2. The molecule has 0 saturated carbocycles. The molecule has 0 amide bonds. The summed E-state index contributed by atoms with van der Waals surface area (Å²) in [6.07, 6.45) is 0. The summed E-state index contributed by atoms with van der Waals surface area (Å²) in [5.41, 5.74) is 0. The number of hydrogen-bond acceptors (Lipinski definition) is 4. The Morgan fingerprint density at radius 1 is 1.14 bits per heavy atom. The van der Waals surface area contributed by atoms with E-state index in [0.717, 1.165) is 19.6 Å². The molecule has 1 aromatic rings. The third-order valence-corrected chi connectivity index (χ3v) is 5.65. The Labute approximate surface area is 128 Å². The van der Waals surface area contributed by atoms with Crippen LogP contribution >= 0.6 is 0 Å². The van der Waals surface area contributed by atoms with Crippen molar-refractivity contribution in [2.24, 2.45) is 0 Å². The zero-order chi connectivity index (χ0) is 15.5. The molecule has 0 unspecified atom stereocenters. The first-order chi connectivity index (χ1) is 9.90. The summed E-state index contributed by atoms with van der Waals surface area (Å²) in [6.45, 7) is 7.57. The Kier molecular flexibility index (Phi) is 5.37. The monoisotopic (exact) mass is 311 g/mol. The van der Waals surface area contributed by atoms with Crippen LogP contribution in [0.5, 0.6) is 0 Å². The second kappa shape index (κ2) is 6.87. The Morgan fingerprint density at radius 2 is 1.81 bits per heavy atom. The van der Waals surface area contributed by atoms with Gasteiger partial charge in [0, 0.05) is 38.3 Å². The van der Waals surface area contributed by atoms with Crippen LogP contribution in [0, 0.1) is 0 Å². The number of benzene rings is 1. The van der Waals surface area contributed by atoms with Gasteiger partial charge < -0.3 is 4.90 Å². The maximum atomic E-state index is 12.1. The molecule has 1 aromatic carbocycles. The Balaban J connectivity index is 1.87. The Bertz CT molecular complexity index is 547. The van der Waals surface area contributed by atoms with E-state index in [0.29, 0.717) is 23.5 Å². The number of sulfonamides is 1. The normalized spacial score (nSPS) is 25.1. The van der Waals surface area contributed by atoms with Gasteiger partial charge in [-0.05, 0) is 33.0 Å². The zero-order valence-electron chi connectivity index (χ0n) is 13.0. The molecular formula is C15H25N3O2S. The molecule has 118 valence electrons. The van der Waals surface area contributed by atoms with E-state index in [1.165, 1.54) is 0 Å². The van der Waals surface area contributed by atoms with Crippen LogP contribution in [0.2, 0.25) is 0 Å². The van der Waals surface area contributed by atoms with E-state index in [1.54, 1.807) is 24.3 Å². The molecule has 0 aliphatic carbocycles. The van der Waals surface area contributed by atoms with Gasteiger partial charge in [-0.15, -0.1) is 0 Å². The van der Waals surface area contributed by atoms with E-state index in [9.17, 15) is 8.42 Å². The minimum Gasteiger partial charge on any atom is -0.301 e. The summed E-state index contributed by atoms with van der Waals surface area (Å²) in [4.78, 5) is 5.01. The molecule has 21 heavy (non-hydrogen) atoms. The maximum absolute atomic E-state index is 12.1. The van der Waals surface area contributed by atoms with Crippen molar-refractivity contribution >= 4 is 10.0 Å². The van der Waals surface area contributed by atoms with Gasteiger partial charge in [0.15, 0.2) is 0 Å². The topological polar surface area (TPSA) is 52.6 Å². The van der Waals surface area contributed by atoms with E-state index in [2.05, 4.69) is 35.4 Å². The fourth-order valence-corrected chi connectivity index (χ4v) is 3.73. The number of hydrogen-bond donors (Lipinski definition) is 1. The van der Waals surface area contributed by atoms with Gasteiger partial charge in [0.2, 0.25) is 10.0 Å². The van der Waals surface area contributed by atoms with Crippen molar-refractivity contribution in [3.8, 4) is 0 Å². The van der Waals surface area contributed by atoms with Crippen LogP contribution in [-0.2, 0) is 10.0 Å². The van der Waals surface area contributed by atoms with Crippen molar-refractivity contribution in [2.45, 2.75) is 30.8 Å². The second-order valence-electron chi connectivity index (χ2n) is 5.84. The molecule has 1 N–H and O–H groups in total. The first-order valence-electron chi connectivity index (χ1n) is 7.39. The fourth-order valence-electron chi connectivity index (χ4n) is 2.69. The molecule has 6 heteroatoms. The van der Waals surface area contributed by atoms with Crippen molar-refractivity contribution < 1.29 is 8.42 Å². The van der Waals surface area contributed by atoms with Gasteiger partial charge in [-0.25, -0.2) is 13.1 Å². The van der Waals surface area contributed by atoms with Crippen LogP contribution in [0.1, 0.15) is 13.8 Å². The van der Waals surface area contributed by atoms with Crippen LogP contribution in [-0.4, -0.2) is 63.5 Å². The van der Waals surface area contributed by atoms with Crippen molar-refractivity contribution in [1.29, 1.82) is 0 Å². The third-order valence-electron chi connectivity index (χ3n) is 4.17. The highest BCUT2D eigenvalue weighted by Gasteiger charge is 2.26. The molecule has 0 spiro atoms. The molecule has 1 aliphatic rings. The number of rotatable bonds is 5. The summed E-state index contributed by atoms with van der Waals surface area (Å²) in [5.74, 6) is 0. The van der Waals surface area contributed by atoms with Crippen LogP contribution < -0.4 is 4.72 Å². The van der Waals surface area contributed by atoms with Crippen LogP contribution in [0.4, 0.5) is 0 Å². The molecule has 1 saturated heterocycles. The molecule has 2 atom stereocenters. The maximum Gasteiger partial charge on any atom is 0.240 e. The zero-order valence-corrected chi connectivity index (χ0v) is 13.8. The smallest absolute Gasteiger partial charge is 0.240 e. The molecule has 0 radical (unpaired) electrons. The van der Waals surface area contributed by atoms with Crippen LogP contribution in [0.3, 0.4) is 0 Å². The van der Waals surface area contributed by atoms with Crippen LogP contribution in [0.15, 0.2) is 35.2 Å². The van der Waals surface area contributed by atoms with Gasteiger partial charge in [-0.3, -0.25) is 4.90 Å². The average molecular weight is 311 g/mol. The molecular weight excluding hydrogens is 286 g/mol. The number of nitrogens with one attached hydrogen (secondary N) is 1. The van der Waals surface area contributed by atoms with Gasteiger partial charge in [0.1, 0.15) is 0 Å². The van der Waals surface area contributed by atoms with E-state index in [1.807, 2.05) is 6.07 Å². The number of nitrogens with zero attached hydrogens (tertiary/aromatic N) is 2. The third kappa shape index (κ3) is 4.26. The summed E-state index contributed by atoms with van der Waals surface area (Å²) in [5, 5.41) is 0. The number of likely N-dealkylation sites (N-methyl/N-ethyl adjacent to an activating group) is 1. The molecule has 0 bridgehead atoms. The molecule has 2 rings (SSSR count). The Morgan fingerprint density at radius 3 is 2.48 bits per heavy atom. The lowest BCUT2D eigenvalue weighted by molar-refractivity contribution is 0.0619. The van der Waals surface area contributed by atoms with E-state index in [-0.39, 0.29) is 0 Å². The number of piperazine rings is 1. The summed E-state index contributed by atoms with van der Waals surface area (Å²) < 4.78 is 27.0. The fraction of sp³-hybridized carbons (Fsp3) is 0.600. The van der Waals surface area contributed by atoms with Crippen molar-refractivity contribution in [1.82, 2.24) is 14.5 Å². The molecule has 1 fully saturated rings. The quantitative estimate of drug-likeness (QED) is 0.881. The molecule has 1 aliphatic heterocycles. The van der Waals surface area contributed by atoms with Gasteiger partial charge in [-0.2, -0.15) is 0 Å². The highest BCUT2D eigenvalue weighted by Crippen LogP contribution is 2.13. The predicted molar refractivity (Wildman–Crippen MR) is 84.8 cm³/mol. The van der Waals surface area contributed by atoms with E-state index < -0.39 is 10.0 Å².